The average molecular weight is 365 g/mol. The molecule has 1 fully saturated rings. The molecule has 0 radical (unpaired) electrons. The number of hydrogen-bond donors (Lipinski definition) is 2. The van der Waals surface area contributed by atoms with E-state index in [0.29, 0.717) is 18.0 Å². The highest BCUT2D eigenvalue weighted by atomic mass is 16.5. The minimum atomic E-state index is -0.0866. The molecule has 2 aromatic rings. The predicted molar refractivity (Wildman–Crippen MR) is 105 cm³/mol. The third-order valence-electron chi connectivity index (χ3n) is 5.68. The first-order valence-electron chi connectivity index (χ1n) is 9.84. The molecule has 1 aromatic carbocycles. The van der Waals surface area contributed by atoms with Gasteiger partial charge < -0.3 is 15.4 Å². The van der Waals surface area contributed by atoms with E-state index < -0.39 is 0 Å². The molecule has 1 aliphatic carbocycles. The highest BCUT2D eigenvalue weighted by Gasteiger charge is 2.17. The quantitative estimate of drug-likeness (QED) is 0.826. The third kappa shape index (κ3) is 4.14. The molecule has 5 nitrogen and oxygen atoms in total. The average Bonchev–Trinajstić information content (AvgIpc) is 3.36. The van der Waals surface area contributed by atoms with Gasteiger partial charge in [0, 0.05) is 24.5 Å². The number of benzene rings is 1. The molecule has 1 aromatic heterocycles. The number of carbonyl (C=O) groups excluding carboxylic acids is 1. The second-order valence-electron chi connectivity index (χ2n) is 7.61. The lowest BCUT2D eigenvalue weighted by Crippen LogP contribution is -2.23. The minimum absolute atomic E-state index is 0.0866. The van der Waals surface area contributed by atoms with Crippen molar-refractivity contribution in [2.75, 3.05) is 20.2 Å². The van der Waals surface area contributed by atoms with E-state index in [1.165, 1.54) is 24.0 Å². The van der Waals surface area contributed by atoms with Gasteiger partial charge in [-0.2, -0.15) is 0 Å². The van der Waals surface area contributed by atoms with Crippen LogP contribution in [-0.2, 0) is 25.8 Å². The summed E-state index contributed by atoms with van der Waals surface area (Å²) in [6, 6.07) is 6.28. The Balaban J connectivity index is 1.42. The number of nitrogens with one attached hydrogen (secondary N) is 2. The zero-order chi connectivity index (χ0) is 18.6. The predicted octanol–water partition coefficient (Wildman–Crippen LogP) is 2.66. The summed E-state index contributed by atoms with van der Waals surface area (Å²) in [5, 5.41) is 6.42. The summed E-state index contributed by atoms with van der Waals surface area (Å²) in [5.41, 5.74) is 5.55. The van der Waals surface area contributed by atoms with Crippen molar-refractivity contribution < 1.29 is 9.53 Å². The van der Waals surface area contributed by atoms with Gasteiger partial charge in [-0.3, -0.25) is 9.78 Å². The zero-order valence-corrected chi connectivity index (χ0v) is 15.9. The zero-order valence-electron chi connectivity index (χ0n) is 15.9. The summed E-state index contributed by atoms with van der Waals surface area (Å²) in [6.07, 6.45) is 9.11. The first-order chi connectivity index (χ1) is 13.2. The number of fused-ring (bicyclic) bond motifs is 1. The fraction of sp³-hybridized carbons (Fsp3) is 0.455. The number of nitrogens with zero attached hydrogens (tertiary/aromatic N) is 1. The maximum absolute atomic E-state index is 12.6. The fourth-order valence-corrected chi connectivity index (χ4v) is 4.20. The highest BCUT2D eigenvalue weighted by Crippen LogP contribution is 2.29. The van der Waals surface area contributed by atoms with Gasteiger partial charge in [-0.1, -0.05) is 6.07 Å². The van der Waals surface area contributed by atoms with Crippen molar-refractivity contribution in [1.82, 2.24) is 15.6 Å². The van der Waals surface area contributed by atoms with Crippen LogP contribution in [0.3, 0.4) is 0 Å². The van der Waals surface area contributed by atoms with Crippen molar-refractivity contribution in [2.45, 2.75) is 38.6 Å². The standard InChI is InChI=1S/C22H27N3O2/c1-27-21-10-18-4-2-3-17(18)9-19(21)14-25-22(26)20-8-16(12-24-13-20)7-15-5-6-23-11-15/h8-10,12-13,15,23H,2-7,11,14H2,1H3,(H,25,26). The second-order valence-corrected chi connectivity index (χ2v) is 7.61. The monoisotopic (exact) mass is 365 g/mol. The topological polar surface area (TPSA) is 63.2 Å². The molecule has 1 aliphatic heterocycles. The molecule has 1 atom stereocenters. The van der Waals surface area contributed by atoms with Crippen molar-refractivity contribution >= 4 is 5.91 Å². The second kappa shape index (κ2) is 8.09. The Kier molecular flexibility index (Phi) is 5.39. The molecular formula is C22H27N3O2. The maximum Gasteiger partial charge on any atom is 0.253 e. The molecular weight excluding hydrogens is 338 g/mol. The van der Waals surface area contributed by atoms with E-state index in [1.54, 1.807) is 13.3 Å². The van der Waals surface area contributed by atoms with Crippen LogP contribution in [0.1, 0.15) is 45.5 Å². The molecule has 1 unspecified atom stereocenters. The summed E-state index contributed by atoms with van der Waals surface area (Å²) in [6.45, 7) is 2.60. The van der Waals surface area contributed by atoms with Crippen molar-refractivity contribution in [3.8, 4) is 5.75 Å². The molecule has 2 aliphatic rings. The summed E-state index contributed by atoms with van der Waals surface area (Å²) >= 11 is 0. The van der Waals surface area contributed by atoms with Crippen LogP contribution in [0.15, 0.2) is 30.6 Å². The van der Waals surface area contributed by atoms with E-state index in [2.05, 4.69) is 27.8 Å². The van der Waals surface area contributed by atoms with Gasteiger partial charge >= 0.3 is 0 Å². The number of carbonyl (C=O) groups is 1. The molecule has 0 bridgehead atoms. The third-order valence-corrected chi connectivity index (χ3v) is 5.68. The highest BCUT2D eigenvalue weighted by molar-refractivity contribution is 5.94. The van der Waals surface area contributed by atoms with E-state index in [9.17, 15) is 4.79 Å². The Hall–Kier alpha value is -2.40. The molecule has 27 heavy (non-hydrogen) atoms. The van der Waals surface area contributed by atoms with Crippen molar-refractivity contribution in [3.63, 3.8) is 0 Å². The van der Waals surface area contributed by atoms with Crippen molar-refractivity contribution in [3.05, 3.63) is 58.4 Å². The number of methoxy groups -OCH3 is 1. The van der Waals surface area contributed by atoms with Crippen molar-refractivity contribution in [1.29, 1.82) is 0 Å². The largest absolute Gasteiger partial charge is 0.496 e. The van der Waals surface area contributed by atoms with Crippen LogP contribution in [0, 0.1) is 5.92 Å². The summed E-state index contributed by atoms with van der Waals surface area (Å²) in [4.78, 5) is 16.9. The van der Waals surface area contributed by atoms with Crippen molar-refractivity contribution in [2.24, 2.45) is 5.92 Å². The Labute approximate surface area is 160 Å². The van der Waals surface area contributed by atoms with E-state index in [0.717, 1.165) is 49.2 Å². The van der Waals surface area contributed by atoms with Gasteiger partial charge in [0.25, 0.3) is 5.91 Å². The van der Waals surface area contributed by atoms with Gasteiger partial charge in [-0.05, 0) is 79.9 Å². The van der Waals surface area contributed by atoms with Gasteiger partial charge in [0.2, 0.25) is 0 Å². The SMILES string of the molecule is COc1cc2c(cc1CNC(=O)c1cncc(CC3CCNC3)c1)CCC2. The normalized spacial score (nSPS) is 18.3. The Bertz CT molecular complexity index is 828. The Morgan fingerprint density at radius 3 is 2.89 bits per heavy atom. The number of ether oxygens (including phenoxy) is 1. The van der Waals surface area contributed by atoms with Crippen LogP contribution in [-0.4, -0.2) is 31.1 Å². The number of aryl methyl sites for hydroxylation is 2. The van der Waals surface area contributed by atoms with Gasteiger partial charge in [0.15, 0.2) is 0 Å². The Morgan fingerprint density at radius 2 is 2.11 bits per heavy atom. The lowest BCUT2D eigenvalue weighted by Gasteiger charge is -2.13. The smallest absolute Gasteiger partial charge is 0.253 e. The summed E-state index contributed by atoms with van der Waals surface area (Å²) in [5.74, 6) is 1.41. The van der Waals surface area contributed by atoms with E-state index in [-0.39, 0.29) is 5.91 Å². The van der Waals surface area contributed by atoms with E-state index in [1.807, 2.05) is 12.3 Å². The summed E-state index contributed by atoms with van der Waals surface area (Å²) in [7, 11) is 1.69. The van der Waals surface area contributed by atoms with Gasteiger partial charge in [-0.25, -0.2) is 0 Å². The van der Waals surface area contributed by atoms with Gasteiger partial charge in [0.1, 0.15) is 5.75 Å². The van der Waals surface area contributed by atoms with E-state index >= 15 is 0 Å². The first kappa shape index (κ1) is 18.0. The molecule has 5 heteroatoms. The Morgan fingerprint density at radius 1 is 1.26 bits per heavy atom. The van der Waals surface area contributed by atoms with Crippen LogP contribution in [0.5, 0.6) is 5.75 Å². The molecule has 2 heterocycles. The first-order valence-corrected chi connectivity index (χ1v) is 9.84. The number of rotatable bonds is 6. The van der Waals surface area contributed by atoms with Crippen LogP contribution < -0.4 is 15.4 Å². The van der Waals surface area contributed by atoms with Crippen LogP contribution >= 0.6 is 0 Å². The number of aromatic nitrogens is 1. The number of hydrogen-bond acceptors (Lipinski definition) is 4. The van der Waals surface area contributed by atoms with Gasteiger partial charge in [0.05, 0.1) is 12.7 Å². The summed E-state index contributed by atoms with van der Waals surface area (Å²) < 4.78 is 5.53. The minimum Gasteiger partial charge on any atom is -0.496 e. The molecule has 1 amide bonds. The van der Waals surface area contributed by atoms with Crippen LogP contribution in [0.2, 0.25) is 0 Å². The molecule has 0 saturated carbocycles. The van der Waals surface area contributed by atoms with Crippen LogP contribution in [0.25, 0.3) is 0 Å². The molecule has 4 rings (SSSR count). The van der Waals surface area contributed by atoms with Gasteiger partial charge in [-0.15, -0.1) is 0 Å². The number of pyridine rings is 1. The molecule has 142 valence electrons. The maximum atomic E-state index is 12.6. The number of amides is 1. The molecule has 0 spiro atoms. The lowest BCUT2D eigenvalue weighted by atomic mass is 9.99. The fourth-order valence-electron chi connectivity index (χ4n) is 4.20. The lowest BCUT2D eigenvalue weighted by molar-refractivity contribution is 0.0950. The van der Waals surface area contributed by atoms with E-state index in [4.69, 9.17) is 4.74 Å². The molecule has 2 N–H and O–H groups in total. The van der Waals surface area contributed by atoms with Crippen LogP contribution in [0.4, 0.5) is 0 Å². The molecule has 1 saturated heterocycles.